The van der Waals surface area contributed by atoms with Gasteiger partial charge < -0.3 is 24.0 Å². The highest BCUT2D eigenvalue weighted by atomic mass is 32.1. The molecule has 3 heterocycles. The molecular formula is C34H36N4O6S. The molecule has 1 N–H and O–H groups in total. The van der Waals surface area contributed by atoms with Crippen LogP contribution in [0.15, 0.2) is 69.6 Å². The first-order chi connectivity index (χ1) is 21.5. The summed E-state index contributed by atoms with van der Waals surface area (Å²) in [5.74, 6) is -0.117. The molecular weight excluding hydrogens is 592 g/mol. The van der Waals surface area contributed by atoms with Crippen LogP contribution in [0.5, 0.6) is 11.5 Å². The summed E-state index contributed by atoms with van der Waals surface area (Å²) >= 11 is 1.25. The zero-order valence-corrected chi connectivity index (χ0v) is 27.2. The number of carboxylic acid groups (broad SMARTS) is 1. The van der Waals surface area contributed by atoms with Gasteiger partial charge in [-0.1, -0.05) is 17.4 Å². The summed E-state index contributed by atoms with van der Waals surface area (Å²) < 4.78 is 15.3. The van der Waals surface area contributed by atoms with E-state index in [2.05, 4.69) is 0 Å². The maximum Gasteiger partial charge on any atom is 0.335 e. The molecule has 0 bridgehead atoms. The minimum atomic E-state index is -1.00. The number of nitrogens with zero attached hydrogens (tertiary/aromatic N) is 4. The summed E-state index contributed by atoms with van der Waals surface area (Å²) in [5.41, 5.74) is 4.71. The van der Waals surface area contributed by atoms with Gasteiger partial charge in [0.05, 0.1) is 35.6 Å². The highest BCUT2D eigenvalue weighted by molar-refractivity contribution is 7.07. The molecule has 45 heavy (non-hydrogen) atoms. The molecule has 0 radical (unpaired) electrons. The van der Waals surface area contributed by atoms with Gasteiger partial charge in [0.25, 0.3) is 11.5 Å². The number of benzene rings is 2. The SMILES string of the molecule is CCN(CC)C(=O)C1=C(C)N=c2s/c(=C/c3cc(C)n(-c4cccc(C(=O)O)c4)c3C)c(=O)n2[C@@H]1c1cc(OC)ccc1OC. The third-order valence-corrected chi connectivity index (χ3v) is 9.13. The van der Waals surface area contributed by atoms with Crippen molar-refractivity contribution in [3.63, 3.8) is 0 Å². The van der Waals surface area contributed by atoms with Crippen LogP contribution in [0.2, 0.25) is 0 Å². The van der Waals surface area contributed by atoms with Gasteiger partial charge in [0.1, 0.15) is 17.5 Å². The Balaban J connectivity index is 1.74. The Kier molecular flexibility index (Phi) is 8.83. The molecule has 1 aliphatic rings. The van der Waals surface area contributed by atoms with Crippen molar-refractivity contribution >= 4 is 29.3 Å². The number of carbonyl (C=O) groups excluding carboxylic acids is 1. The number of carboxylic acids is 1. The van der Waals surface area contributed by atoms with Crippen molar-refractivity contribution in [2.75, 3.05) is 27.3 Å². The lowest BCUT2D eigenvalue weighted by Crippen LogP contribution is -2.43. The number of carbonyl (C=O) groups is 2. The van der Waals surface area contributed by atoms with E-state index in [9.17, 15) is 19.5 Å². The fourth-order valence-electron chi connectivity index (χ4n) is 5.87. The molecule has 234 valence electrons. The minimum Gasteiger partial charge on any atom is -0.497 e. The summed E-state index contributed by atoms with van der Waals surface area (Å²) in [4.78, 5) is 46.9. The number of ether oxygens (including phenoxy) is 2. The molecule has 2 aromatic carbocycles. The lowest BCUT2D eigenvalue weighted by molar-refractivity contribution is -0.127. The largest absolute Gasteiger partial charge is 0.497 e. The highest BCUT2D eigenvalue weighted by Gasteiger charge is 2.36. The van der Waals surface area contributed by atoms with Gasteiger partial charge in [-0.15, -0.1) is 0 Å². The maximum absolute atomic E-state index is 14.3. The van der Waals surface area contributed by atoms with Crippen molar-refractivity contribution in [2.24, 2.45) is 4.99 Å². The van der Waals surface area contributed by atoms with Crippen molar-refractivity contribution in [1.82, 2.24) is 14.0 Å². The van der Waals surface area contributed by atoms with E-state index >= 15 is 0 Å². The molecule has 5 rings (SSSR count). The predicted octanol–water partition coefficient (Wildman–Crippen LogP) is 4.23. The molecule has 0 fully saturated rings. The first kappa shape index (κ1) is 31.5. The number of fused-ring (bicyclic) bond motifs is 1. The third-order valence-electron chi connectivity index (χ3n) is 8.14. The van der Waals surface area contributed by atoms with E-state index < -0.39 is 12.0 Å². The van der Waals surface area contributed by atoms with E-state index in [1.165, 1.54) is 11.3 Å². The number of amides is 1. The molecule has 0 saturated heterocycles. The summed E-state index contributed by atoms with van der Waals surface area (Å²) in [6.45, 7) is 10.5. The minimum absolute atomic E-state index is 0.188. The number of hydrogen-bond acceptors (Lipinski definition) is 7. The van der Waals surface area contributed by atoms with E-state index in [4.69, 9.17) is 14.5 Å². The molecule has 2 aromatic heterocycles. The van der Waals surface area contributed by atoms with E-state index in [-0.39, 0.29) is 17.0 Å². The average molecular weight is 629 g/mol. The smallest absolute Gasteiger partial charge is 0.335 e. The Morgan fingerprint density at radius 1 is 1.04 bits per heavy atom. The summed E-state index contributed by atoms with van der Waals surface area (Å²) in [5, 5.41) is 9.50. The van der Waals surface area contributed by atoms with Crippen molar-refractivity contribution < 1.29 is 24.2 Å². The topological polar surface area (TPSA) is 115 Å². The molecule has 4 aromatic rings. The van der Waals surface area contributed by atoms with Gasteiger partial charge >= 0.3 is 5.97 Å². The van der Waals surface area contributed by atoms with Gasteiger partial charge in [-0.05, 0) is 88.7 Å². The summed E-state index contributed by atoms with van der Waals surface area (Å²) in [6.07, 6.45) is 1.83. The maximum atomic E-state index is 14.3. The van der Waals surface area contributed by atoms with Gasteiger partial charge in [-0.3, -0.25) is 14.2 Å². The Morgan fingerprint density at radius 3 is 2.42 bits per heavy atom. The molecule has 0 saturated carbocycles. The fraction of sp³-hybridized carbons (Fsp3) is 0.294. The number of aromatic carboxylic acids is 1. The number of likely N-dealkylation sites (N-methyl/N-ethyl adjacent to an activating group) is 1. The van der Waals surface area contributed by atoms with Gasteiger partial charge in [0, 0.05) is 35.7 Å². The van der Waals surface area contributed by atoms with Gasteiger partial charge in [-0.25, -0.2) is 9.79 Å². The molecule has 10 nitrogen and oxygen atoms in total. The predicted molar refractivity (Wildman–Crippen MR) is 173 cm³/mol. The number of hydrogen-bond donors (Lipinski definition) is 1. The Labute approximate surface area is 264 Å². The normalized spacial score (nSPS) is 14.6. The molecule has 0 unspecified atom stereocenters. The number of aryl methyl sites for hydroxylation is 1. The van der Waals surface area contributed by atoms with E-state index in [0.717, 1.165) is 17.0 Å². The van der Waals surface area contributed by atoms with Crippen LogP contribution in [-0.4, -0.2) is 58.3 Å². The molecule has 1 aliphatic heterocycles. The average Bonchev–Trinajstić information content (AvgIpc) is 3.49. The second kappa shape index (κ2) is 12.6. The van der Waals surface area contributed by atoms with E-state index in [0.29, 0.717) is 56.4 Å². The fourth-order valence-corrected chi connectivity index (χ4v) is 6.91. The first-order valence-corrected chi connectivity index (χ1v) is 15.4. The van der Waals surface area contributed by atoms with Gasteiger partial charge in [0.2, 0.25) is 0 Å². The van der Waals surface area contributed by atoms with E-state index in [1.54, 1.807) is 67.0 Å². The summed E-state index contributed by atoms with van der Waals surface area (Å²) in [7, 11) is 3.12. The van der Waals surface area contributed by atoms with Crippen molar-refractivity contribution in [2.45, 2.75) is 40.7 Å². The van der Waals surface area contributed by atoms with Crippen molar-refractivity contribution in [3.05, 3.63) is 108 Å². The van der Waals surface area contributed by atoms with Crippen LogP contribution in [0.1, 0.15) is 59.7 Å². The molecule has 0 spiro atoms. The second-order valence-corrected chi connectivity index (χ2v) is 11.7. The molecule has 1 amide bonds. The summed E-state index contributed by atoms with van der Waals surface area (Å²) in [6, 6.07) is 13.2. The highest BCUT2D eigenvalue weighted by Crippen LogP contribution is 2.38. The molecule has 11 heteroatoms. The van der Waals surface area contributed by atoms with Crippen LogP contribution < -0.4 is 24.4 Å². The lowest BCUT2D eigenvalue weighted by Gasteiger charge is -2.30. The van der Waals surface area contributed by atoms with Gasteiger partial charge in [-0.2, -0.15) is 0 Å². The van der Waals surface area contributed by atoms with Crippen molar-refractivity contribution in [1.29, 1.82) is 0 Å². The Hall–Kier alpha value is -4.90. The number of thiazole rings is 1. The van der Waals surface area contributed by atoms with E-state index in [1.807, 2.05) is 50.5 Å². The molecule has 1 atom stereocenters. The van der Waals surface area contributed by atoms with Crippen LogP contribution in [0.3, 0.4) is 0 Å². The van der Waals surface area contributed by atoms with Crippen LogP contribution in [0.4, 0.5) is 0 Å². The Bertz CT molecular complexity index is 2030. The van der Waals surface area contributed by atoms with Crippen LogP contribution in [0.25, 0.3) is 11.8 Å². The lowest BCUT2D eigenvalue weighted by atomic mass is 9.93. The standard InChI is InChI=1S/C34H36N4O6S/c1-8-36(9-2)32(40)29-20(4)35-34-38(30(29)26-18-25(43-6)13-14-27(26)44-7)31(39)28(45-34)17-23-15-19(3)37(21(23)5)24-12-10-11-22(16-24)33(41)42/h10-18,30H,8-9H2,1-7H3,(H,41,42)/b28-17+/t30-/m1/s1. The zero-order chi connectivity index (χ0) is 32.6. The Morgan fingerprint density at radius 2 is 1.78 bits per heavy atom. The third kappa shape index (κ3) is 5.59. The van der Waals surface area contributed by atoms with Gasteiger partial charge in [0.15, 0.2) is 4.80 Å². The first-order valence-electron chi connectivity index (χ1n) is 14.6. The van der Waals surface area contributed by atoms with Crippen molar-refractivity contribution in [3.8, 4) is 17.2 Å². The monoisotopic (exact) mass is 628 g/mol. The molecule has 0 aliphatic carbocycles. The van der Waals surface area contributed by atoms with Crippen LogP contribution in [0, 0.1) is 13.8 Å². The number of rotatable bonds is 9. The van der Waals surface area contributed by atoms with Crippen LogP contribution >= 0.6 is 11.3 Å². The number of allylic oxidation sites excluding steroid dienone is 1. The zero-order valence-electron chi connectivity index (χ0n) is 26.4. The second-order valence-electron chi connectivity index (χ2n) is 10.7. The quantitative estimate of drug-likeness (QED) is 0.297. The van der Waals surface area contributed by atoms with Crippen LogP contribution in [-0.2, 0) is 4.79 Å². The number of methoxy groups -OCH3 is 2. The number of aromatic nitrogens is 2.